The first-order valence-corrected chi connectivity index (χ1v) is 8.11. The van der Waals surface area contributed by atoms with E-state index in [1.54, 1.807) is 0 Å². The van der Waals surface area contributed by atoms with Gasteiger partial charge in [-0.3, -0.25) is 4.79 Å². The number of sulfonamides is 1. The zero-order valence-electron chi connectivity index (χ0n) is 11.1. The molecule has 0 bridgehead atoms. The Labute approximate surface area is 119 Å². The predicted molar refractivity (Wildman–Crippen MR) is 76.1 cm³/mol. The number of thiocarbonyl (C=S) groups is 1. The quantitative estimate of drug-likeness (QED) is 0.565. The third-order valence-electron chi connectivity index (χ3n) is 3.51. The SMILES string of the molecule is COC(=O)C(C)S(=O)(=O)NC1(C(N)=S)CCCCC1. The molecule has 6 nitrogen and oxygen atoms in total. The fourth-order valence-corrected chi connectivity index (χ4v) is 3.91. The van der Waals surface area contributed by atoms with Crippen LogP contribution >= 0.6 is 12.2 Å². The molecule has 8 heteroatoms. The number of carbonyl (C=O) groups excluding carboxylic acids is 1. The molecule has 1 saturated carbocycles. The standard InChI is InChI=1S/C11H20N2O4S2/c1-8(9(14)17-2)19(15,16)13-11(10(12)18)6-4-3-5-7-11/h8,13H,3-7H2,1-2H3,(H2,12,18). The van der Waals surface area contributed by atoms with Crippen molar-refractivity contribution in [3.05, 3.63) is 0 Å². The monoisotopic (exact) mass is 308 g/mol. The second kappa shape index (κ2) is 6.15. The van der Waals surface area contributed by atoms with Crippen LogP contribution in [-0.2, 0) is 19.6 Å². The van der Waals surface area contributed by atoms with Crippen molar-refractivity contribution in [2.45, 2.75) is 49.8 Å². The maximum absolute atomic E-state index is 12.2. The normalized spacial score (nSPS) is 20.5. The van der Waals surface area contributed by atoms with E-state index in [0.717, 1.165) is 26.4 Å². The lowest BCUT2D eigenvalue weighted by Gasteiger charge is -2.37. The van der Waals surface area contributed by atoms with Gasteiger partial charge in [0, 0.05) is 0 Å². The molecule has 110 valence electrons. The molecule has 1 fully saturated rings. The Morgan fingerprint density at radius 1 is 1.37 bits per heavy atom. The van der Waals surface area contributed by atoms with Gasteiger partial charge in [0.05, 0.1) is 17.6 Å². The Bertz CT molecular complexity index is 455. The summed E-state index contributed by atoms with van der Waals surface area (Å²) in [6.45, 7) is 1.28. The van der Waals surface area contributed by atoms with Crippen molar-refractivity contribution in [3.63, 3.8) is 0 Å². The Hall–Kier alpha value is -0.730. The van der Waals surface area contributed by atoms with Gasteiger partial charge in [0.1, 0.15) is 0 Å². The van der Waals surface area contributed by atoms with Crippen molar-refractivity contribution in [3.8, 4) is 0 Å². The first-order valence-electron chi connectivity index (χ1n) is 6.16. The Morgan fingerprint density at radius 3 is 2.32 bits per heavy atom. The smallest absolute Gasteiger partial charge is 0.325 e. The average molecular weight is 308 g/mol. The molecule has 0 radical (unpaired) electrons. The van der Waals surface area contributed by atoms with E-state index in [1.165, 1.54) is 6.92 Å². The van der Waals surface area contributed by atoms with Crippen LogP contribution in [0.5, 0.6) is 0 Å². The summed E-state index contributed by atoms with van der Waals surface area (Å²) in [5.74, 6) is -0.804. The van der Waals surface area contributed by atoms with E-state index in [9.17, 15) is 13.2 Å². The van der Waals surface area contributed by atoms with Crippen molar-refractivity contribution in [1.29, 1.82) is 0 Å². The maximum atomic E-state index is 12.2. The van der Waals surface area contributed by atoms with Crippen LogP contribution in [0.1, 0.15) is 39.0 Å². The number of methoxy groups -OCH3 is 1. The van der Waals surface area contributed by atoms with E-state index in [1.807, 2.05) is 0 Å². The summed E-state index contributed by atoms with van der Waals surface area (Å²) < 4.78 is 31.4. The summed E-state index contributed by atoms with van der Waals surface area (Å²) in [5, 5.41) is -1.29. The number of esters is 1. The van der Waals surface area contributed by atoms with Gasteiger partial charge in [-0.1, -0.05) is 31.5 Å². The molecule has 19 heavy (non-hydrogen) atoms. The second-order valence-electron chi connectivity index (χ2n) is 4.82. The van der Waals surface area contributed by atoms with Crippen molar-refractivity contribution < 1.29 is 17.9 Å². The molecule has 0 heterocycles. The third kappa shape index (κ3) is 3.64. The number of ether oxygens (including phenoxy) is 1. The minimum atomic E-state index is -3.87. The minimum Gasteiger partial charge on any atom is -0.468 e. The first-order chi connectivity index (χ1) is 8.75. The lowest BCUT2D eigenvalue weighted by molar-refractivity contribution is -0.139. The second-order valence-corrected chi connectivity index (χ2v) is 7.26. The summed E-state index contributed by atoms with van der Waals surface area (Å²) in [4.78, 5) is 11.5. The number of rotatable bonds is 5. The largest absolute Gasteiger partial charge is 0.468 e. The highest BCUT2D eigenvalue weighted by atomic mass is 32.2. The third-order valence-corrected chi connectivity index (χ3v) is 5.70. The molecule has 1 unspecified atom stereocenters. The number of carbonyl (C=O) groups is 1. The van der Waals surface area contributed by atoms with E-state index in [-0.39, 0.29) is 4.99 Å². The number of hydrogen-bond donors (Lipinski definition) is 2. The summed E-state index contributed by atoms with van der Waals surface area (Å²) in [7, 11) is -2.72. The zero-order valence-corrected chi connectivity index (χ0v) is 12.8. The average Bonchev–Trinajstić information content (AvgIpc) is 2.37. The van der Waals surface area contributed by atoms with Gasteiger partial charge in [0.2, 0.25) is 10.0 Å². The number of nitrogens with one attached hydrogen (secondary N) is 1. The molecule has 3 N–H and O–H groups in total. The summed E-state index contributed by atoms with van der Waals surface area (Å²) >= 11 is 5.01. The predicted octanol–water partition coefficient (Wildman–Crippen LogP) is 0.456. The van der Waals surface area contributed by atoms with Crippen LogP contribution in [0, 0.1) is 0 Å². The van der Waals surface area contributed by atoms with E-state index < -0.39 is 26.8 Å². The van der Waals surface area contributed by atoms with Crippen LogP contribution in [0.3, 0.4) is 0 Å². The molecular weight excluding hydrogens is 288 g/mol. The van der Waals surface area contributed by atoms with Gasteiger partial charge in [-0.2, -0.15) is 0 Å². The lowest BCUT2D eigenvalue weighted by Crippen LogP contribution is -2.59. The van der Waals surface area contributed by atoms with Crippen molar-refractivity contribution in [1.82, 2.24) is 4.72 Å². The van der Waals surface area contributed by atoms with Gasteiger partial charge in [0.25, 0.3) is 0 Å². The highest BCUT2D eigenvalue weighted by Gasteiger charge is 2.42. The van der Waals surface area contributed by atoms with Crippen LogP contribution < -0.4 is 10.5 Å². The van der Waals surface area contributed by atoms with E-state index in [2.05, 4.69) is 9.46 Å². The molecule has 1 aliphatic rings. The molecule has 0 aromatic heterocycles. The first kappa shape index (κ1) is 16.3. The van der Waals surface area contributed by atoms with Crippen LogP contribution in [0.4, 0.5) is 0 Å². The molecule has 0 aromatic rings. The highest BCUT2D eigenvalue weighted by Crippen LogP contribution is 2.29. The summed E-state index contributed by atoms with van der Waals surface area (Å²) in [6.07, 6.45) is 3.86. The van der Waals surface area contributed by atoms with Gasteiger partial charge in [-0.25, -0.2) is 13.1 Å². The van der Waals surface area contributed by atoms with Gasteiger partial charge >= 0.3 is 5.97 Å². The van der Waals surface area contributed by atoms with Crippen LogP contribution in [0.15, 0.2) is 0 Å². The molecule has 0 spiro atoms. The fraction of sp³-hybridized carbons (Fsp3) is 0.818. The van der Waals surface area contributed by atoms with Crippen molar-refractivity contribution in [2.75, 3.05) is 7.11 Å². The van der Waals surface area contributed by atoms with E-state index in [4.69, 9.17) is 18.0 Å². The molecule has 0 aromatic carbocycles. The van der Waals surface area contributed by atoms with E-state index in [0.29, 0.717) is 12.8 Å². The summed E-state index contributed by atoms with van der Waals surface area (Å²) in [6, 6.07) is 0. The van der Waals surface area contributed by atoms with Crippen LogP contribution in [0.25, 0.3) is 0 Å². The van der Waals surface area contributed by atoms with E-state index >= 15 is 0 Å². The Kier molecular flexibility index (Phi) is 5.28. The van der Waals surface area contributed by atoms with Gasteiger partial charge in [0.15, 0.2) is 5.25 Å². The fourth-order valence-electron chi connectivity index (χ4n) is 2.21. The number of nitrogens with two attached hydrogens (primary N) is 1. The van der Waals surface area contributed by atoms with Crippen molar-refractivity contribution in [2.24, 2.45) is 5.73 Å². The lowest BCUT2D eigenvalue weighted by atomic mass is 9.82. The van der Waals surface area contributed by atoms with Crippen LogP contribution in [0.2, 0.25) is 0 Å². The van der Waals surface area contributed by atoms with Gasteiger partial charge in [-0.05, 0) is 19.8 Å². The van der Waals surface area contributed by atoms with Gasteiger partial charge in [-0.15, -0.1) is 0 Å². The Morgan fingerprint density at radius 2 is 1.89 bits per heavy atom. The maximum Gasteiger partial charge on any atom is 0.325 e. The molecule has 0 saturated heterocycles. The topological polar surface area (TPSA) is 98.5 Å². The molecule has 1 rings (SSSR count). The van der Waals surface area contributed by atoms with Crippen molar-refractivity contribution >= 4 is 33.2 Å². The number of hydrogen-bond acceptors (Lipinski definition) is 5. The van der Waals surface area contributed by atoms with Gasteiger partial charge < -0.3 is 10.5 Å². The molecule has 1 atom stereocenters. The Balaban J connectivity index is 2.96. The molecule has 0 aliphatic heterocycles. The zero-order chi connectivity index (χ0) is 14.7. The highest BCUT2D eigenvalue weighted by molar-refractivity contribution is 7.91. The molecular formula is C11H20N2O4S2. The molecule has 0 amide bonds. The minimum absolute atomic E-state index is 0.132. The molecule has 1 aliphatic carbocycles. The summed E-state index contributed by atoms with van der Waals surface area (Å²) in [5.41, 5.74) is 4.80. The van der Waals surface area contributed by atoms with Crippen LogP contribution in [-0.4, -0.2) is 37.3 Å².